The van der Waals surface area contributed by atoms with E-state index in [0.717, 1.165) is 16.7 Å². The Balaban J connectivity index is 2.68. The van der Waals surface area contributed by atoms with Crippen molar-refractivity contribution in [3.63, 3.8) is 0 Å². The maximum Gasteiger partial charge on any atom is 0.160 e. The second-order valence-corrected chi connectivity index (χ2v) is 4.42. The average Bonchev–Trinajstić information content (AvgIpc) is 2.32. The van der Waals surface area contributed by atoms with E-state index in [2.05, 4.69) is 32.0 Å². The van der Waals surface area contributed by atoms with E-state index in [1.165, 1.54) is 11.1 Å². The molecule has 0 N–H and O–H groups in total. The molecular weight excluding hydrogens is 208 g/mol. The molecule has 0 fully saturated rings. The molecule has 0 radical (unpaired) electrons. The van der Waals surface area contributed by atoms with Crippen LogP contribution in [0.15, 0.2) is 42.5 Å². The molecule has 2 rings (SSSR count). The number of carbonyl (C=O) groups is 1. The van der Waals surface area contributed by atoms with E-state index in [4.69, 9.17) is 0 Å². The van der Waals surface area contributed by atoms with Gasteiger partial charge in [-0.3, -0.25) is 4.79 Å². The van der Waals surface area contributed by atoms with Gasteiger partial charge in [0.05, 0.1) is 0 Å². The van der Waals surface area contributed by atoms with E-state index >= 15 is 0 Å². The number of Topliss-reactive ketones (excluding diaryl/α,β-unsaturated/α-hetero) is 1. The molecule has 0 saturated carbocycles. The van der Waals surface area contributed by atoms with Crippen LogP contribution in [0, 0.1) is 13.8 Å². The third-order valence-corrected chi connectivity index (χ3v) is 2.99. The van der Waals surface area contributed by atoms with Crippen molar-refractivity contribution in [3.05, 3.63) is 59.2 Å². The van der Waals surface area contributed by atoms with Crippen LogP contribution < -0.4 is 0 Å². The van der Waals surface area contributed by atoms with Crippen molar-refractivity contribution in [2.45, 2.75) is 20.8 Å². The Morgan fingerprint density at radius 2 is 1.65 bits per heavy atom. The topological polar surface area (TPSA) is 17.1 Å². The first-order valence-corrected chi connectivity index (χ1v) is 5.77. The zero-order valence-corrected chi connectivity index (χ0v) is 10.4. The summed E-state index contributed by atoms with van der Waals surface area (Å²) in [6.45, 7) is 5.76. The Kier molecular flexibility index (Phi) is 3.10. The van der Waals surface area contributed by atoms with Crippen LogP contribution in [0.25, 0.3) is 11.1 Å². The number of hydrogen-bond acceptors (Lipinski definition) is 1. The summed E-state index contributed by atoms with van der Waals surface area (Å²) in [4.78, 5) is 11.6. The minimum Gasteiger partial charge on any atom is -0.294 e. The standard InChI is InChI=1S/C16H16O/c1-11-8-9-12(2)16(10-11)15-7-5-4-6-14(15)13(3)17/h4-10H,1-3H3. The summed E-state index contributed by atoms with van der Waals surface area (Å²) >= 11 is 0. The van der Waals surface area contributed by atoms with Crippen molar-refractivity contribution in [2.75, 3.05) is 0 Å². The molecule has 0 spiro atoms. The number of ketones is 1. The summed E-state index contributed by atoms with van der Waals surface area (Å²) in [5.41, 5.74) is 5.38. The number of hydrogen-bond donors (Lipinski definition) is 0. The zero-order chi connectivity index (χ0) is 12.4. The van der Waals surface area contributed by atoms with Gasteiger partial charge >= 0.3 is 0 Å². The molecular formula is C16H16O. The van der Waals surface area contributed by atoms with E-state index in [-0.39, 0.29) is 5.78 Å². The van der Waals surface area contributed by atoms with E-state index < -0.39 is 0 Å². The molecule has 17 heavy (non-hydrogen) atoms. The molecule has 0 aliphatic carbocycles. The zero-order valence-electron chi connectivity index (χ0n) is 10.4. The molecule has 86 valence electrons. The maximum atomic E-state index is 11.6. The molecule has 0 saturated heterocycles. The fourth-order valence-electron chi connectivity index (χ4n) is 2.05. The van der Waals surface area contributed by atoms with Gasteiger partial charge in [0.1, 0.15) is 0 Å². The van der Waals surface area contributed by atoms with Crippen LogP contribution in [0.5, 0.6) is 0 Å². The molecule has 0 aromatic heterocycles. The third-order valence-electron chi connectivity index (χ3n) is 2.99. The Labute approximate surface area is 102 Å². The first-order valence-electron chi connectivity index (χ1n) is 5.77. The Morgan fingerprint density at radius 1 is 0.941 bits per heavy atom. The largest absolute Gasteiger partial charge is 0.294 e. The van der Waals surface area contributed by atoms with E-state index in [9.17, 15) is 4.79 Å². The second-order valence-electron chi connectivity index (χ2n) is 4.42. The van der Waals surface area contributed by atoms with Gasteiger partial charge in [-0.25, -0.2) is 0 Å². The second kappa shape index (κ2) is 4.54. The van der Waals surface area contributed by atoms with Crippen LogP contribution in [-0.2, 0) is 0 Å². The van der Waals surface area contributed by atoms with Gasteiger partial charge in [0, 0.05) is 5.56 Å². The van der Waals surface area contributed by atoms with Crippen molar-refractivity contribution >= 4 is 5.78 Å². The summed E-state index contributed by atoms with van der Waals surface area (Å²) in [7, 11) is 0. The number of aryl methyl sites for hydroxylation is 2. The molecule has 2 aromatic rings. The molecule has 0 amide bonds. The summed E-state index contributed by atoms with van der Waals surface area (Å²) in [6, 6.07) is 14.1. The minimum atomic E-state index is 0.113. The predicted octanol–water partition coefficient (Wildman–Crippen LogP) is 4.17. The highest BCUT2D eigenvalue weighted by molar-refractivity contribution is 6.01. The highest BCUT2D eigenvalue weighted by atomic mass is 16.1. The lowest BCUT2D eigenvalue weighted by molar-refractivity contribution is 0.101. The predicted molar refractivity (Wildman–Crippen MR) is 71.4 cm³/mol. The smallest absolute Gasteiger partial charge is 0.160 e. The van der Waals surface area contributed by atoms with Gasteiger partial charge in [-0.15, -0.1) is 0 Å². The first-order chi connectivity index (χ1) is 8.09. The summed E-state index contributed by atoms with van der Waals surface area (Å²) < 4.78 is 0. The maximum absolute atomic E-state index is 11.6. The molecule has 1 nitrogen and oxygen atoms in total. The summed E-state index contributed by atoms with van der Waals surface area (Å²) in [5, 5.41) is 0. The molecule has 0 aliphatic heterocycles. The molecule has 0 unspecified atom stereocenters. The van der Waals surface area contributed by atoms with Crippen molar-refractivity contribution in [3.8, 4) is 11.1 Å². The molecule has 0 heterocycles. The van der Waals surface area contributed by atoms with Gasteiger partial charge in [0.15, 0.2) is 5.78 Å². The molecule has 0 atom stereocenters. The average molecular weight is 224 g/mol. The van der Waals surface area contributed by atoms with Crippen LogP contribution >= 0.6 is 0 Å². The highest BCUT2D eigenvalue weighted by Gasteiger charge is 2.10. The van der Waals surface area contributed by atoms with Crippen LogP contribution in [0.4, 0.5) is 0 Å². The Morgan fingerprint density at radius 3 is 2.35 bits per heavy atom. The number of rotatable bonds is 2. The summed E-state index contributed by atoms with van der Waals surface area (Å²) in [6.07, 6.45) is 0. The van der Waals surface area contributed by atoms with Crippen molar-refractivity contribution in [1.82, 2.24) is 0 Å². The third kappa shape index (κ3) is 2.28. The molecule has 1 heteroatoms. The normalized spacial score (nSPS) is 10.3. The lowest BCUT2D eigenvalue weighted by atomic mass is 9.93. The van der Waals surface area contributed by atoms with Crippen LogP contribution in [0.2, 0.25) is 0 Å². The lowest BCUT2D eigenvalue weighted by Crippen LogP contribution is -1.97. The van der Waals surface area contributed by atoms with Gasteiger partial charge in [-0.2, -0.15) is 0 Å². The van der Waals surface area contributed by atoms with Gasteiger partial charge in [0.2, 0.25) is 0 Å². The molecule has 0 aliphatic rings. The fourth-order valence-corrected chi connectivity index (χ4v) is 2.05. The monoisotopic (exact) mass is 224 g/mol. The lowest BCUT2D eigenvalue weighted by Gasteiger charge is -2.10. The number of carbonyl (C=O) groups excluding carboxylic acids is 1. The van der Waals surface area contributed by atoms with Crippen LogP contribution in [0.3, 0.4) is 0 Å². The van der Waals surface area contributed by atoms with Crippen molar-refractivity contribution in [1.29, 1.82) is 0 Å². The van der Waals surface area contributed by atoms with Crippen molar-refractivity contribution in [2.24, 2.45) is 0 Å². The quantitative estimate of drug-likeness (QED) is 0.699. The van der Waals surface area contributed by atoms with Gasteiger partial charge < -0.3 is 0 Å². The van der Waals surface area contributed by atoms with Crippen LogP contribution in [-0.4, -0.2) is 5.78 Å². The molecule has 2 aromatic carbocycles. The minimum absolute atomic E-state index is 0.113. The van der Waals surface area contributed by atoms with Gasteiger partial charge in [0.25, 0.3) is 0 Å². The van der Waals surface area contributed by atoms with Gasteiger partial charge in [-0.1, -0.05) is 48.0 Å². The van der Waals surface area contributed by atoms with E-state index in [1.807, 2.05) is 24.3 Å². The highest BCUT2D eigenvalue weighted by Crippen LogP contribution is 2.28. The van der Waals surface area contributed by atoms with E-state index in [0.29, 0.717) is 0 Å². The summed E-state index contributed by atoms with van der Waals surface area (Å²) in [5.74, 6) is 0.113. The van der Waals surface area contributed by atoms with E-state index in [1.54, 1.807) is 6.92 Å². The Bertz CT molecular complexity index is 567. The van der Waals surface area contributed by atoms with Crippen molar-refractivity contribution < 1.29 is 4.79 Å². The number of benzene rings is 2. The SMILES string of the molecule is CC(=O)c1ccccc1-c1cc(C)ccc1C. The molecule has 0 bridgehead atoms. The fraction of sp³-hybridized carbons (Fsp3) is 0.188. The first kappa shape index (κ1) is 11.6. The van der Waals surface area contributed by atoms with Crippen LogP contribution in [0.1, 0.15) is 28.4 Å². The Hall–Kier alpha value is -1.89. The van der Waals surface area contributed by atoms with Gasteiger partial charge in [-0.05, 0) is 37.5 Å².